The van der Waals surface area contributed by atoms with E-state index >= 15 is 0 Å². The van der Waals surface area contributed by atoms with Gasteiger partial charge in [0.2, 0.25) is 0 Å². The quantitative estimate of drug-likeness (QED) is 0.811. The molecule has 1 aliphatic heterocycles. The van der Waals surface area contributed by atoms with Crippen LogP contribution in [0, 0.1) is 0 Å². The number of anilines is 1. The van der Waals surface area contributed by atoms with E-state index in [4.69, 9.17) is 0 Å². The largest absolute Gasteiger partial charge is 0.378 e. The van der Waals surface area contributed by atoms with Crippen LogP contribution >= 0.6 is 0 Å². The summed E-state index contributed by atoms with van der Waals surface area (Å²) in [6.45, 7) is 4.24. The third-order valence-corrected chi connectivity index (χ3v) is 3.32. The van der Waals surface area contributed by atoms with E-state index < -0.39 is 0 Å². The van der Waals surface area contributed by atoms with Gasteiger partial charge >= 0.3 is 0 Å². The van der Waals surface area contributed by atoms with Crippen molar-refractivity contribution in [3.63, 3.8) is 0 Å². The molecule has 0 atom stereocenters. The lowest BCUT2D eigenvalue weighted by molar-refractivity contribution is 0.434. The fourth-order valence-corrected chi connectivity index (χ4v) is 1.98. The van der Waals surface area contributed by atoms with Crippen molar-refractivity contribution in [1.29, 1.82) is 0 Å². The van der Waals surface area contributed by atoms with Crippen molar-refractivity contribution in [2.24, 2.45) is 0 Å². The smallest absolute Gasteiger partial charge is 0.0362 e. The highest BCUT2D eigenvalue weighted by Crippen LogP contribution is 2.15. The molecule has 1 heterocycles. The average molecular weight is 254 g/mol. The van der Waals surface area contributed by atoms with Gasteiger partial charge < -0.3 is 9.80 Å². The van der Waals surface area contributed by atoms with Crippen molar-refractivity contribution < 1.29 is 0 Å². The zero-order valence-corrected chi connectivity index (χ0v) is 12.0. The third kappa shape index (κ3) is 3.75. The van der Waals surface area contributed by atoms with Crippen LogP contribution in [0.5, 0.6) is 0 Å². The number of rotatable bonds is 4. The number of nitrogens with zero attached hydrogens (tertiary/aromatic N) is 2. The molecule has 1 aliphatic rings. The van der Waals surface area contributed by atoms with Gasteiger partial charge in [0.25, 0.3) is 0 Å². The van der Waals surface area contributed by atoms with Crippen molar-refractivity contribution in [3.8, 4) is 0 Å². The lowest BCUT2D eigenvalue weighted by Gasteiger charge is -2.19. The summed E-state index contributed by atoms with van der Waals surface area (Å²) in [5.74, 6) is 0. The number of hydrogen-bond acceptors (Lipinski definition) is 2. The molecule has 0 unspecified atom stereocenters. The fourth-order valence-electron chi connectivity index (χ4n) is 1.98. The summed E-state index contributed by atoms with van der Waals surface area (Å²) < 4.78 is 0. The highest BCUT2D eigenvalue weighted by molar-refractivity contribution is 5.58. The van der Waals surface area contributed by atoms with Gasteiger partial charge in [-0.2, -0.15) is 0 Å². The molecular formula is C17H22N2. The van der Waals surface area contributed by atoms with Crippen molar-refractivity contribution in [3.05, 3.63) is 59.8 Å². The maximum Gasteiger partial charge on any atom is 0.0362 e. The topological polar surface area (TPSA) is 6.48 Å². The summed E-state index contributed by atoms with van der Waals surface area (Å²) in [7, 11) is 4.12. The molecule has 1 aromatic carbocycles. The number of benzene rings is 1. The van der Waals surface area contributed by atoms with Crippen LogP contribution in [-0.4, -0.2) is 32.1 Å². The molecule has 0 bridgehead atoms. The van der Waals surface area contributed by atoms with Crippen molar-refractivity contribution in [2.45, 2.75) is 6.92 Å². The zero-order valence-electron chi connectivity index (χ0n) is 12.0. The van der Waals surface area contributed by atoms with Crippen molar-refractivity contribution in [1.82, 2.24) is 4.90 Å². The van der Waals surface area contributed by atoms with Gasteiger partial charge in [-0.25, -0.2) is 0 Å². The molecule has 0 N–H and O–H groups in total. The van der Waals surface area contributed by atoms with Crippen LogP contribution in [0.25, 0.3) is 6.08 Å². The van der Waals surface area contributed by atoms with Crippen LogP contribution in [0.3, 0.4) is 0 Å². The Kier molecular flexibility index (Phi) is 4.45. The van der Waals surface area contributed by atoms with Crippen LogP contribution in [0.15, 0.2) is 54.3 Å². The second-order valence-corrected chi connectivity index (χ2v) is 4.93. The van der Waals surface area contributed by atoms with E-state index in [0.717, 1.165) is 13.1 Å². The first kappa shape index (κ1) is 13.5. The van der Waals surface area contributed by atoms with Gasteiger partial charge in [0, 0.05) is 32.9 Å². The first-order chi connectivity index (χ1) is 9.19. The van der Waals surface area contributed by atoms with E-state index in [9.17, 15) is 0 Å². The molecule has 19 heavy (non-hydrogen) atoms. The molecule has 0 fully saturated rings. The first-order valence-corrected chi connectivity index (χ1v) is 6.77. The summed E-state index contributed by atoms with van der Waals surface area (Å²) in [6, 6.07) is 8.59. The molecule has 1 aromatic rings. The zero-order chi connectivity index (χ0) is 13.7. The van der Waals surface area contributed by atoms with Gasteiger partial charge in [-0.15, -0.1) is 0 Å². The second kappa shape index (κ2) is 6.28. The van der Waals surface area contributed by atoms with Crippen molar-refractivity contribution in [2.75, 3.05) is 32.1 Å². The Balaban J connectivity index is 2.00. The van der Waals surface area contributed by atoms with Crippen LogP contribution in [0.4, 0.5) is 5.69 Å². The molecule has 100 valence electrons. The van der Waals surface area contributed by atoms with Gasteiger partial charge in [0.15, 0.2) is 0 Å². The van der Waals surface area contributed by atoms with E-state index in [0.29, 0.717) is 0 Å². The minimum atomic E-state index is 1.01. The maximum absolute atomic E-state index is 2.28. The fraction of sp³-hybridized carbons (Fsp3) is 0.294. The normalized spacial score (nSPS) is 14.9. The van der Waals surface area contributed by atoms with E-state index in [2.05, 4.69) is 85.6 Å². The number of hydrogen-bond donors (Lipinski definition) is 0. The SMILES string of the molecule is CCN1C=CC(C=Cc2ccc(N(C)C)cc2)=CC1. The molecule has 2 heteroatoms. The molecule has 2 nitrogen and oxygen atoms in total. The second-order valence-electron chi connectivity index (χ2n) is 4.93. The molecule has 0 saturated carbocycles. The Labute approximate surface area is 116 Å². The Morgan fingerprint density at radius 3 is 2.42 bits per heavy atom. The van der Waals surface area contributed by atoms with Crippen LogP contribution in [0.1, 0.15) is 12.5 Å². The Morgan fingerprint density at radius 1 is 1.16 bits per heavy atom. The first-order valence-electron chi connectivity index (χ1n) is 6.77. The number of likely N-dealkylation sites (N-methyl/N-ethyl adjacent to an activating group) is 1. The molecule has 2 rings (SSSR count). The monoisotopic (exact) mass is 254 g/mol. The van der Waals surface area contributed by atoms with E-state index in [1.165, 1.54) is 16.8 Å². The Hall–Kier alpha value is -1.96. The maximum atomic E-state index is 2.28. The predicted molar refractivity (Wildman–Crippen MR) is 84.3 cm³/mol. The van der Waals surface area contributed by atoms with Gasteiger partial charge in [-0.3, -0.25) is 0 Å². The highest BCUT2D eigenvalue weighted by atomic mass is 15.1. The van der Waals surface area contributed by atoms with E-state index in [-0.39, 0.29) is 0 Å². The minimum Gasteiger partial charge on any atom is -0.378 e. The molecule has 0 spiro atoms. The van der Waals surface area contributed by atoms with Crippen LogP contribution in [0.2, 0.25) is 0 Å². The van der Waals surface area contributed by atoms with Gasteiger partial charge in [-0.1, -0.05) is 30.4 Å². The lowest BCUT2D eigenvalue weighted by atomic mass is 10.1. The summed E-state index contributed by atoms with van der Waals surface area (Å²) in [5, 5.41) is 0. The molecule has 0 saturated heterocycles. The molecule has 0 aromatic heterocycles. The van der Waals surface area contributed by atoms with E-state index in [1.54, 1.807) is 0 Å². The van der Waals surface area contributed by atoms with E-state index in [1.807, 2.05) is 0 Å². The minimum absolute atomic E-state index is 1.01. The summed E-state index contributed by atoms with van der Waals surface area (Å²) in [4.78, 5) is 4.39. The Morgan fingerprint density at radius 2 is 1.89 bits per heavy atom. The van der Waals surface area contributed by atoms with Crippen LogP contribution < -0.4 is 4.90 Å². The third-order valence-electron chi connectivity index (χ3n) is 3.32. The summed E-state index contributed by atoms with van der Waals surface area (Å²) in [6.07, 6.45) is 10.9. The molecule has 0 aliphatic carbocycles. The lowest BCUT2D eigenvalue weighted by Crippen LogP contribution is -2.18. The predicted octanol–water partition coefficient (Wildman–Crippen LogP) is 3.54. The van der Waals surface area contributed by atoms with Crippen LogP contribution in [-0.2, 0) is 0 Å². The molecular weight excluding hydrogens is 232 g/mol. The number of allylic oxidation sites excluding steroid dienone is 3. The highest BCUT2D eigenvalue weighted by Gasteiger charge is 1.99. The average Bonchev–Trinajstić information content (AvgIpc) is 2.46. The molecule has 0 amide bonds. The summed E-state index contributed by atoms with van der Waals surface area (Å²) in [5.41, 5.74) is 3.74. The van der Waals surface area contributed by atoms with Gasteiger partial charge in [0.1, 0.15) is 0 Å². The Bertz CT molecular complexity index is 492. The van der Waals surface area contributed by atoms with Gasteiger partial charge in [0.05, 0.1) is 0 Å². The standard InChI is InChI=1S/C17H22N2/c1-4-19-13-11-16(12-14-19)6-5-15-7-9-17(10-8-15)18(2)3/h5-13H,4,14H2,1-3H3. The summed E-state index contributed by atoms with van der Waals surface area (Å²) >= 11 is 0. The molecule has 0 radical (unpaired) electrons. The van der Waals surface area contributed by atoms with Crippen molar-refractivity contribution >= 4 is 11.8 Å². The van der Waals surface area contributed by atoms with Gasteiger partial charge in [-0.05, 0) is 42.5 Å².